The van der Waals surface area contributed by atoms with E-state index in [0.717, 1.165) is 5.69 Å². The second kappa shape index (κ2) is 11.7. The summed E-state index contributed by atoms with van der Waals surface area (Å²) in [5, 5.41) is 7.61. The number of anilines is 1. The van der Waals surface area contributed by atoms with Crippen LogP contribution in [0.3, 0.4) is 0 Å². The van der Waals surface area contributed by atoms with Gasteiger partial charge in [-0.15, -0.1) is 0 Å². The van der Waals surface area contributed by atoms with E-state index in [0.29, 0.717) is 39.0 Å². The lowest BCUT2D eigenvalue weighted by molar-refractivity contribution is -0.115. The van der Waals surface area contributed by atoms with E-state index in [1.807, 2.05) is 6.92 Å². The minimum Gasteiger partial charge on any atom is -0.497 e. The number of methoxy groups -OCH3 is 2. The normalized spacial score (nSPS) is 11.3. The third-order valence-corrected chi connectivity index (χ3v) is 7.56. The number of hydrogen-bond donors (Lipinski definition) is 2. The molecule has 11 heteroatoms. The number of ether oxygens (including phenoxy) is 2. The van der Waals surface area contributed by atoms with Crippen LogP contribution < -0.4 is 19.5 Å². The fourth-order valence-corrected chi connectivity index (χ4v) is 5.24. The molecule has 1 amide bonds. The number of carbonyl (C=O) groups excluding carboxylic acids is 1. The van der Waals surface area contributed by atoms with Gasteiger partial charge in [0.05, 0.1) is 32.0 Å². The predicted molar refractivity (Wildman–Crippen MR) is 146 cm³/mol. The van der Waals surface area contributed by atoms with Gasteiger partial charge in [0.25, 0.3) is 0 Å². The molecule has 0 unspecified atom stereocenters. The Morgan fingerprint density at radius 1 is 1.00 bits per heavy atom. The summed E-state index contributed by atoms with van der Waals surface area (Å²) in [6.45, 7) is 1.78. The van der Waals surface area contributed by atoms with E-state index >= 15 is 0 Å². The number of aryl methyl sites for hydroxylation is 1. The van der Waals surface area contributed by atoms with Crippen molar-refractivity contribution in [1.29, 1.82) is 0 Å². The molecule has 0 aliphatic carbocycles. The Balaban J connectivity index is 1.63. The van der Waals surface area contributed by atoms with Crippen LogP contribution in [-0.2, 0) is 27.8 Å². The van der Waals surface area contributed by atoms with Crippen molar-refractivity contribution in [1.82, 2.24) is 14.5 Å². The molecule has 2 N–H and O–H groups in total. The van der Waals surface area contributed by atoms with Crippen LogP contribution in [0.15, 0.2) is 77.8 Å². The molecule has 4 aromatic rings. The maximum absolute atomic E-state index is 13.6. The van der Waals surface area contributed by atoms with Crippen molar-refractivity contribution in [2.45, 2.75) is 24.8 Å². The fourth-order valence-electron chi connectivity index (χ4n) is 3.81. The average Bonchev–Trinajstić information content (AvgIpc) is 3.34. The molecule has 0 saturated carbocycles. The van der Waals surface area contributed by atoms with Crippen molar-refractivity contribution >= 4 is 33.2 Å². The summed E-state index contributed by atoms with van der Waals surface area (Å²) in [6.07, 6.45) is 1.71. The first-order chi connectivity index (χ1) is 18.2. The van der Waals surface area contributed by atoms with Gasteiger partial charge in [0.2, 0.25) is 15.9 Å². The Hall–Kier alpha value is -3.86. The number of sulfonamides is 1. The molecular weight excluding hydrogens is 528 g/mol. The number of carbonyl (C=O) groups is 1. The lowest BCUT2D eigenvalue weighted by Gasteiger charge is -2.15. The zero-order valence-electron chi connectivity index (χ0n) is 21.1. The number of nitrogens with zero attached hydrogens (tertiary/aromatic N) is 2. The zero-order chi connectivity index (χ0) is 27.3. The van der Waals surface area contributed by atoms with E-state index in [-0.39, 0.29) is 23.8 Å². The molecule has 0 fully saturated rings. The van der Waals surface area contributed by atoms with Crippen LogP contribution in [0.1, 0.15) is 16.8 Å². The lowest BCUT2D eigenvalue weighted by Crippen LogP contribution is -2.25. The van der Waals surface area contributed by atoms with Gasteiger partial charge in [0.1, 0.15) is 16.4 Å². The molecular formula is C27H27ClN4O5S. The topological polar surface area (TPSA) is 112 Å². The van der Waals surface area contributed by atoms with Crippen molar-refractivity contribution in [3.63, 3.8) is 0 Å². The van der Waals surface area contributed by atoms with Gasteiger partial charge >= 0.3 is 0 Å². The van der Waals surface area contributed by atoms with Gasteiger partial charge in [-0.25, -0.2) is 17.8 Å². The van der Waals surface area contributed by atoms with Gasteiger partial charge in [0.15, 0.2) is 0 Å². The molecule has 4 rings (SSSR count). The Labute approximate surface area is 226 Å². The van der Waals surface area contributed by atoms with Gasteiger partial charge in [-0.2, -0.15) is 5.10 Å². The van der Waals surface area contributed by atoms with E-state index in [1.54, 1.807) is 66.9 Å². The highest BCUT2D eigenvalue weighted by atomic mass is 35.5. The molecule has 0 saturated heterocycles. The summed E-state index contributed by atoms with van der Waals surface area (Å²) in [6, 6.07) is 18.6. The molecule has 0 bridgehead atoms. The van der Waals surface area contributed by atoms with E-state index < -0.39 is 10.0 Å². The van der Waals surface area contributed by atoms with E-state index in [1.165, 1.54) is 25.0 Å². The van der Waals surface area contributed by atoms with E-state index in [2.05, 4.69) is 15.1 Å². The van der Waals surface area contributed by atoms with Gasteiger partial charge in [0, 0.05) is 35.1 Å². The lowest BCUT2D eigenvalue weighted by atomic mass is 10.1. The number of hydrogen-bond acceptors (Lipinski definition) is 6. The summed E-state index contributed by atoms with van der Waals surface area (Å²) in [4.78, 5) is 12.7. The zero-order valence-corrected chi connectivity index (χ0v) is 22.6. The summed E-state index contributed by atoms with van der Waals surface area (Å²) >= 11 is 6.18. The average molecular weight is 555 g/mol. The first-order valence-electron chi connectivity index (χ1n) is 11.6. The maximum Gasteiger partial charge on any atom is 0.243 e. The number of aromatic nitrogens is 2. The predicted octanol–water partition coefficient (Wildman–Crippen LogP) is 4.51. The molecule has 38 heavy (non-hydrogen) atoms. The molecule has 0 aliphatic rings. The van der Waals surface area contributed by atoms with Crippen molar-refractivity contribution in [3.8, 4) is 17.2 Å². The SMILES string of the molecule is COc1ccc(CNS(=O)(=O)c2cc(NC(=O)Cc3ccccc3Cl)ccc2-n2ccc(C)n2)c(OC)c1. The molecule has 0 spiro atoms. The molecule has 0 radical (unpaired) electrons. The maximum atomic E-state index is 13.6. The van der Waals surface area contributed by atoms with Gasteiger partial charge in [-0.1, -0.05) is 35.9 Å². The molecule has 9 nitrogen and oxygen atoms in total. The summed E-state index contributed by atoms with van der Waals surface area (Å²) in [5.41, 5.74) is 2.66. The van der Waals surface area contributed by atoms with Crippen LogP contribution in [0.5, 0.6) is 11.5 Å². The number of benzene rings is 3. The first kappa shape index (κ1) is 27.2. The first-order valence-corrected chi connectivity index (χ1v) is 13.5. The second-order valence-electron chi connectivity index (χ2n) is 8.40. The van der Waals surface area contributed by atoms with E-state index in [9.17, 15) is 13.2 Å². The van der Waals surface area contributed by atoms with Gasteiger partial charge in [-0.05, 0) is 48.9 Å². The van der Waals surface area contributed by atoms with Crippen molar-refractivity contribution in [2.75, 3.05) is 19.5 Å². The Bertz CT molecular complexity index is 1570. The summed E-state index contributed by atoms with van der Waals surface area (Å²) < 4.78 is 41.8. The van der Waals surface area contributed by atoms with Crippen LogP contribution in [0.4, 0.5) is 5.69 Å². The van der Waals surface area contributed by atoms with Crippen LogP contribution in [0.2, 0.25) is 5.02 Å². The van der Waals surface area contributed by atoms with Crippen LogP contribution >= 0.6 is 11.6 Å². The van der Waals surface area contributed by atoms with Crippen molar-refractivity contribution in [2.24, 2.45) is 0 Å². The number of rotatable bonds is 10. The highest BCUT2D eigenvalue weighted by Crippen LogP contribution is 2.27. The molecule has 0 aliphatic heterocycles. The second-order valence-corrected chi connectivity index (χ2v) is 10.5. The van der Waals surface area contributed by atoms with Crippen molar-refractivity contribution < 1.29 is 22.7 Å². The molecule has 0 atom stereocenters. The number of nitrogens with one attached hydrogen (secondary N) is 2. The molecule has 3 aromatic carbocycles. The number of amides is 1. The smallest absolute Gasteiger partial charge is 0.243 e. The quantitative estimate of drug-likeness (QED) is 0.298. The highest BCUT2D eigenvalue weighted by molar-refractivity contribution is 7.89. The summed E-state index contributed by atoms with van der Waals surface area (Å²) in [7, 11) is -1.03. The Morgan fingerprint density at radius 2 is 1.79 bits per heavy atom. The standard InChI is InChI=1S/C27H27ClN4O5S/c1-18-12-13-32(31-18)24-11-9-21(30-27(33)14-19-6-4-5-7-23(19)28)15-26(24)38(34,35)29-17-20-8-10-22(36-2)16-25(20)37-3/h4-13,15-16,29H,14,17H2,1-3H3,(H,30,33). The van der Waals surface area contributed by atoms with Gasteiger partial charge < -0.3 is 14.8 Å². The molecule has 1 aromatic heterocycles. The molecule has 1 heterocycles. The van der Waals surface area contributed by atoms with Gasteiger partial charge in [-0.3, -0.25) is 4.79 Å². The third kappa shape index (κ3) is 6.34. The Morgan fingerprint density at radius 3 is 2.47 bits per heavy atom. The van der Waals surface area contributed by atoms with E-state index in [4.69, 9.17) is 21.1 Å². The third-order valence-electron chi connectivity index (χ3n) is 5.76. The largest absolute Gasteiger partial charge is 0.497 e. The van der Waals surface area contributed by atoms with Crippen molar-refractivity contribution in [3.05, 3.63) is 94.8 Å². The van der Waals surface area contributed by atoms with Crippen LogP contribution in [0.25, 0.3) is 5.69 Å². The summed E-state index contributed by atoms with van der Waals surface area (Å²) in [5.74, 6) is 0.737. The van der Waals surface area contributed by atoms with Crippen LogP contribution in [-0.4, -0.2) is 38.3 Å². The minimum atomic E-state index is -4.06. The monoisotopic (exact) mass is 554 g/mol. The highest BCUT2D eigenvalue weighted by Gasteiger charge is 2.22. The fraction of sp³-hybridized carbons (Fsp3) is 0.185. The Kier molecular flexibility index (Phi) is 8.35. The minimum absolute atomic E-state index is 0.0316. The number of halogens is 1. The van der Waals surface area contributed by atoms with Crippen LogP contribution in [0, 0.1) is 6.92 Å². The molecule has 198 valence electrons.